The summed E-state index contributed by atoms with van der Waals surface area (Å²) < 4.78 is 5.13. The van der Waals surface area contributed by atoms with Crippen LogP contribution in [0.3, 0.4) is 0 Å². The van der Waals surface area contributed by atoms with Gasteiger partial charge in [0, 0.05) is 24.2 Å². The maximum Gasteiger partial charge on any atom is 0.336 e. The minimum atomic E-state index is -0.443. The second-order valence-corrected chi connectivity index (χ2v) is 4.51. The van der Waals surface area contributed by atoms with E-state index in [1.807, 2.05) is 19.0 Å². The smallest absolute Gasteiger partial charge is 0.336 e. The zero-order valence-electron chi connectivity index (χ0n) is 11.0. The number of nitrogens with zero attached hydrogens (tertiary/aromatic N) is 2. The summed E-state index contributed by atoms with van der Waals surface area (Å²) >= 11 is 0. The Balaban J connectivity index is 2.38. The molecule has 0 aliphatic rings. The fourth-order valence-corrected chi connectivity index (χ4v) is 1.68. The summed E-state index contributed by atoms with van der Waals surface area (Å²) in [5, 5.41) is 10.6. The number of aromatic hydroxyl groups is 1. The predicted molar refractivity (Wildman–Crippen MR) is 75.2 cm³/mol. The first kappa shape index (κ1) is 13.3. The minimum absolute atomic E-state index is 0.0513. The highest BCUT2D eigenvalue weighted by Gasteiger charge is 2.07. The van der Waals surface area contributed by atoms with E-state index in [1.165, 1.54) is 6.07 Å². The van der Waals surface area contributed by atoms with Gasteiger partial charge >= 0.3 is 5.63 Å². The Labute approximate surface area is 110 Å². The van der Waals surface area contributed by atoms with Crippen LogP contribution in [0.2, 0.25) is 0 Å². The number of hydrogen-bond donors (Lipinski definition) is 1. The van der Waals surface area contributed by atoms with Crippen LogP contribution in [0.4, 0.5) is 0 Å². The lowest BCUT2D eigenvalue weighted by Gasteiger charge is -2.06. The molecule has 5 heteroatoms. The van der Waals surface area contributed by atoms with Crippen LogP contribution in [0.5, 0.6) is 5.75 Å². The maximum atomic E-state index is 11.3. The van der Waals surface area contributed by atoms with E-state index in [4.69, 9.17) is 4.42 Å². The van der Waals surface area contributed by atoms with Crippen molar-refractivity contribution in [1.29, 1.82) is 0 Å². The second kappa shape index (κ2) is 5.67. The van der Waals surface area contributed by atoms with Crippen molar-refractivity contribution in [2.45, 2.75) is 0 Å². The number of hydrogen-bond acceptors (Lipinski definition) is 5. The van der Waals surface area contributed by atoms with Gasteiger partial charge in [-0.25, -0.2) is 4.79 Å². The Kier molecular flexibility index (Phi) is 3.97. The molecule has 0 fully saturated rings. The number of phenols is 1. The third-order valence-corrected chi connectivity index (χ3v) is 2.70. The summed E-state index contributed by atoms with van der Waals surface area (Å²) in [5.41, 5.74) is 0.358. The molecule has 100 valence electrons. The van der Waals surface area contributed by atoms with E-state index in [0.717, 1.165) is 11.9 Å². The molecule has 0 amide bonds. The highest BCUT2D eigenvalue weighted by Crippen LogP contribution is 2.24. The number of aliphatic imine (C=N–C) groups is 1. The van der Waals surface area contributed by atoms with E-state index in [1.54, 1.807) is 24.4 Å². The molecule has 0 saturated carbocycles. The molecule has 2 rings (SSSR count). The van der Waals surface area contributed by atoms with Crippen LogP contribution in [-0.2, 0) is 0 Å². The normalized spacial score (nSPS) is 11.7. The van der Waals surface area contributed by atoms with Crippen LogP contribution in [0.1, 0.15) is 5.56 Å². The van der Waals surface area contributed by atoms with Crippen molar-refractivity contribution in [2.24, 2.45) is 4.99 Å². The highest BCUT2D eigenvalue weighted by atomic mass is 16.4. The molecule has 0 radical (unpaired) electrons. The molecule has 1 N–H and O–H groups in total. The van der Waals surface area contributed by atoms with Gasteiger partial charge in [-0.05, 0) is 32.3 Å². The van der Waals surface area contributed by atoms with Crippen LogP contribution in [-0.4, -0.2) is 43.4 Å². The SMILES string of the molecule is CN(C)CC/N=C/c1c(O)ccc2ccc(=O)oc12. The van der Waals surface area contributed by atoms with E-state index in [-0.39, 0.29) is 5.75 Å². The monoisotopic (exact) mass is 260 g/mol. The molecule has 1 aromatic carbocycles. The second-order valence-electron chi connectivity index (χ2n) is 4.51. The molecule has 0 aliphatic carbocycles. The van der Waals surface area contributed by atoms with Crippen molar-refractivity contribution in [1.82, 2.24) is 4.90 Å². The maximum absolute atomic E-state index is 11.3. The van der Waals surface area contributed by atoms with Crippen molar-refractivity contribution in [3.8, 4) is 5.75 Å². The number of benzene rings is 1. The summed E-state index contributed by atoms with van der Waals surface area (Å²) in [6, 6.07) is 6.28. The highest BCUT2D eigenvalue weighted by molar-refractivity contribution is 5.99. The molecule has 2 aromatic rings. The van der Waals surface area contributed by atoms with E-state index < -0.39 is 5.63 Å². The lowest BCUT2D eigenvalue weighted by Crippen LogP contribution is -2.15. The third kappa shape index (κ3) is 3.20. The van der Waals surface area contributed by atoms with Crippen LogP contribution in [0.15, 0.2) is 38.5 Å². The Morgan fingerprint density at radius 1 is 1.32 bits per heavy atom. The van der Waals surface area contributed by atoms with E-state index in [9.17, 15) is 9.90 Å². The molecule has 1 heterocycles. The number of likely N-dealkylation sites (N-methyl/N-ethyl adjacent to an activating group) is 1. The summed E-state index contributed by atoms with van der Waals surface area (Å²) in [5.74, 6) is 0.0513. The van der Waals surface area contributed by atoms with Crippen LogP contribution < -0.4 is 5.63 Å². The van der Waals surface area contributed by atoms with Crippen LogP contribution in [0, 0.1) is 0 Å². The summed E-state index contributed by atoms with van der Waals surface area (Å²) in [4.78, 5) is 17.5. The molecule has 0 saturated heterocycles. The Morgan fingerprint density at radius 3 is 2.79 bits per heavy atom. The zero-order chi connectivity index (χ0) is 13.8. The standard InChI is InChI=1S/C14H16N2O3/c1-16(2)8-7-15-9-11-12(17)5-3-10-4-6-13(18)19-14(10)11/h3-6,9,17H,7-8H2,1-2H3/b15-9+. The zero-order valence-corrected chi connectivity index (χ0v) is 11.0. The molecule has 0 atom stereocenters. The van der Waals surface area contributed by atoms with Gasteiger partial charge in [0.2, 0.25) is 0 Å². The van der Waals surface area contributed by atoms with Gasteiger partial charge < -0.3 is 14.4 Å². The van der Waals surface area contributed by atoms with Gasteiger partial charge in [-0.15, -0.1) is 0 Å². The molecule has 0 unspecified atom stereocenters. The van der Waals surface area contributed by atoms with Gasteiger partial charge in [-0.3, -0.25) is 4.99 Å². The lowest BCUT2D eigenvalue weighted by molar-refractivity contribution is 0.421. The van der Waals surface area contributed by atoms with Crippen LogP contribution in [0.25, 0.3) is 11.0 Å². The average Bonchev–Trinajstić information content (AvgIpc) is 2.36. The first-order chi connectivity index (χ1) is 9.08. The summed E-state index contributed by atoms with van der Waals surface area (Å²) in [7, 11) is 3.92. The fraction of sp³-hybridized carbons (Fsp3) is 0.286. The van der Waals surface area contributed by atoms with Gasteiger partial charge in [-0.2, -0.15) is 0 Å². The lowest BCUT2D eigenvalue weighted by atomic mass is 10.1. The molecule has 0 spiro atoms. The summed E-state index contributed by atoms with van der Waals surface area (Å²) in [6.07, 6.45) is 1.55. The fourth-order valence-electron chi connectivity index (χ4n) is 1.68. The van der Waals surface area contributed by atoms with Gasteiger partial charge in [0.25, 0.3) is 0 Å². The van der Waals surface area contributed by atoms with Crippen molar-refractivity contribution in [3.63, 3.8) is 0 Å². The van der Waals surface area contributed by atoms with E-state index in [0.29, 0.717) is 17.7 Å². The van der Waals surface area contributed by atoms with E-state index >= 15 is 0 Å². The van der Waals surface area contributed by atoms with Crippen molar-refractivity contribution in [3.05, 3.63) is 40.2 Å². The van der Waals surface area contributed by atoms with Gasteiger partial charge in [0.05, 0.1) is 12.1 Å². The Morgan fingerprint density at radius 2 is 2.05 bits per heavy atom. The summed E-state index contributed by atoms with van der Waals surface area (Å²) in [6.45, 7) is 1.42. The number of phenolic OH excluding ortho intramolecular Hbond substituents is 1. The largest absolute Gasteiger partial charge is 0.507 e. The van der Waals surface area contributed by atoms with Gasteiger partial charge in [0.1, 0.15) is 5.75 Å². The van der Waals surface area contributed by atoms with Crippen molar-refractivity contribution >= 4 is 17.2 Å². The number of fused-ring (bicyclic) bond motifs is 1. The quantitative estimate of drug-likeness (QED) is 0.668. The Hall–Kier alpha value is -2.14. The molecule has 19 heavy (non-hydrogen) atoms. The van der Waals surface area contributed by atoms with Gasteiger partial charge in [0.15, 0.2) is 5.58 Å². The molecule has 1 aromatic heterocycles. The van der Waals surface area contributed by atoms with Gasteiger partial charge in [-0.1, -0.05) is 0 Å². The molecule has 0 aliphatic heterocycles. The average molecular weight is 260 g/mol. The first-order valence-corrected chi connectivity index (χ1v) is 5.98. The molecular formula is C14H16N2O3. The van der Waals surface area contributed by atoms with Crippen LogP contribution >= 0.6 is 0 Å². The first-order valence-electron chi connectivity index (χ1n) is 5.98. The topological polar surface area (TPSA) is 66.0 Å². The molecular weight excluding hydrogens is 244 g/mol. The predicted octanol–water partition coefficient (Wildman–Crippen LogP) is 1.48. The van der Waals surface area contributed by atoms with Crippen molar-refractivity contribution < 1.29 is 9.52 Å². The molecule has 5 nitrogen and oxygen atoms in total. The van der Waals surface area contributed by atoms with Crippen molar-refractivity contribution in [2.75, 3.05) is 27.2 Å². The third-order valence-electron chi connectivity index (χ3n) is 2.70. The minimum Gasteiger partial charge on any atom is -0.507 e. The number of rotatable bonds is 4. The molecule has 0 bridgehead atoms. The Bertz CT molecular complexity index is 659. The van der Waals surface area contributed by atoms with E-state index in [2.05, 4.69) is 4.99 Å².